The second kappa shape index (κ2) is 22.9. The summed E-state index contributed by atoms with van der Waals surface area (Å²) >= 11 is 2.42. The molecule has 0 aromatic carbocycles. The third-order valence-electron chi connectivity index (χ3n) is 17.7. The van der Waals surface area contributed by atoms with E-state index in [-0.39, 0.29) is 60.5 Å². The molecule has 0 saturated carbocycles. The Morgan fingerprint density at radius 1 is 0.677 bits per heavy atom. The molecule has 5 rings (SSSR count). The lowest BCUT2D eigenvalue weighted by Gasteiger charge is -2.50. The monoisotopic (exact) mass is 1030 g/mol. The van der Waals surface area contributed by atoms with Crippen molar-refractivity contribution in [2.75, 3.05) is 6.61 Å². The lowest BCUT2D eigenvalue weighted by atomic mass is 9.79. The molecule has 0 aromatic heterocycles. The highest BCUT2D eigenvalue weighted by atomic mass is 127. The minimum Gasteiger partial charge on any atom is -0.417 e. The first-order valence-corrected chi connectivity index (χ1v) is 34.7. The predicted octanol–water partition coefficient (Wildman–Crippen LogP) is 14.1. The van der Waals surface area contributed by atoms with Crippen molar-refractivity contribution in [3.63, 3.8) is 0 Å². The summed E-state index contributed by atoms with van der Waals surface area (Å²) in [6.07, 6.45) is 12.3. The van der Waals surface area contributed by atoms with Gasteiger partial charge in [-0.15, -0.1) is 0 Å². The summed E-state index contributed by atoms with van der Waals surface area (Å²) in [4.78, 5) is 0. The van der Waals surface area contributed by atoms with E-state index in [9.17, 15) is 0 Å². The lowest BCUT2D eigenvalue weighted by Crippen LogP contribution is -2.60. The lowest BCUT2D eigenvalue weighted by molar-refractivity contribution is -0.272. The first kappa shape index (κ1) is 53.8. The maximum atomic E-state index is 7.59. The van der Waals surface area contributed by atoms with Crippen molar-refractivity contribution in [1.82, 2.24) is 0 Å². The van der Waals surface area contributed by atoms with Crippen LogP contribution in [-0.2, 0) is 37.0 Å². The molecule has 5 aliphatic heterocycles. The van der Waals surface area contributed by atoms with Gasteiger partial charge in [-0.3, -0.25) is 0 Å². The summed E-state index contributed by atoms with van der Waals surface area (Å²) in [5, 5.41) is 0. The number of allylic oxidation sites excluding steroid dienone is 2. The topological polar surface area (TPSA) is 73.8 Å². The maximum Gasteiger partial charge on any atom is 0.192 e. The molecule has 5 fully saturated rings. The first-order chi connectivity index (χ1) is 29.4. The van der Waals surface area contributed by atoms with Gasteiger partial charge in [0.25, 0.3) is 0 Å². The number of fused-ring (bicyclic) bond motifs is 4. The highest BCUT2D eigenvalue weighted by molar-refractivity contribution is 14.1. The molecule has 0 spiro atoms. The maximum absolute atomic E-state index is 7.59. The number of ether oxygens (including phenoxy) is 5. The van der Waals surface area contributed by atoms with Gasteiger partial charge in [-0.25, -0.2) is 0 Å². The highest BCUT2D eigenvalue weighted by Gasteiger charge is 2.60. The average Bonchev–Trinajstić information content (AvgIpc) is 3.53. The minimum atomic E-state index is -2.01. The molecule has 0 radical (unpaired) electrons. The van der Waals surface area contributed by atoms with Crippen molar-refractivity contribution in [1.29, 1.82) is 0 Å². The molecule has 13 atom stereocenters. The van der Waals surface area contributed by atoms with E-state index in [1.165, 1.54) is 21.7 Å². The quantitative estimate of drug-likeness (QED) is 0.0640. The van der Waals surface area contributed by atoms with Crippen molar-refractivity contribution in [3.05, 3.63) is 9.66 Å². The molecule has 0 aromatic rings. The number of hydrogen-bond donors (Lipinski definition) is 0. The van der Waals surface area contributed by atoms with Crippen LogP contribution in [0.5, 0.6) is 0 Å². The zero-order valence-electron chi connectivity index (χ0n) is 42.3. The van der Waals surface area contributed by atoms with E-state index in [0.717, 1.165) is 114 Å². The third kappa shape index (κ3) is 12.1. The smallest absolute Gasteiger partial charge is 0.192 e. The molecule has 8 nitrogen and oxygen atoms in total. The van der Waals surface area contributed by atoms with Crippen LogP contribution in [0.25, 0.3) is 0 Å². The van der Waals surface area contributed by atoms with Crippen LogP contribution in [0.3, 0.4) is 0 Å². The van der Waals surface area contributed by atoms with E-state index in [1.807, 2.05) is 0 Å². The van der Waals surface area contributed by atoms with Gasteiger partial charge in [-0.1, -0.05) is 75.3 Å². The van der Waals surface area contributed by atoms with Crippen molar-refractivity contribution < 1.29 is 37.0 Å². The Bertz CT molecular complexity index is 1380. The van der Waals surface area contributed by atoms with Crippen molar-refractivity contribution >= 4 is 47.5 Å². The van der Waals surface area contributed by atoms with Crippen LogP contribution in [0.4, 0.5) is 0 Å². The molecule has 362 valence electrons. The predicted molar refractivity (Wildman–Crippen MR) is 272 cm³/mol. The van der Waals surface area contributed by atoms with E-state index >= 15 is 0 Å². The molecular formula is C50H95IO8Si3. The summed E-state index contributed by atoms with van der Waals surface area (Å²) in [6, 6.07) is 10.3. The van der Waals surface area contributed by atoms with Crippen LogP contribution in [-0.4, -0.2) is 103 Å². The molecule has 0 aliphatic carbocycles. The summed E-state index contributed by atoms with van der Waals surface area (Å²) in [5.41, 5.74) is -1.28. The molecule has 62 heavy (non-hydrogen) atoms. The van der Waals surface area contributed by atoms with Gasteiger partial charge in [0.1, 0.15) is 6.10 Å². The van der Waals surface area contributed by atoms with Crippen LogP contribution < -0.4 is 0 Å². The molecule has 5 aliphatic rings. The Labute approximate surface area is 398 Å². The third-order valence-corrected chi connectivity index (χ3v) is 32.3. The highest BCUT2D eigenvalue weighted by Crippen LogP contribution is 2.51. The van der Waals surface area contributed by atoms with Crippen LogP contribution in [0.1, 0.15) is 168 Å². The SMILES string of the molecule is CC[Si](CC)(CC)OCCC[C@H]1O[C@H]2CC[C@@]3(C)O[C@H]4[C@@H](O[Si](CC)(CC)CC)C[C@@]5(C)O[C@@H](CC/C=C(\C)I)[C@@H](C)C[C@@H]5O[C@@H]4C[C@@H]3O[C@@H]2CC[C@]1(C)O[Si](CC)(CC)CC. The van der Waals surface area contributed by atoms with Gasteiger partial charge in [0.05, 0.1) is 65.6 Å². The van der Waals surface area contributed by atoms with Crippen LogP contribution in [0.15, 0.2) is 9.66 Å². The van der Waals surface area contributed by atoms with Gasteiger partial charge in [-0.2, -0.15) is 0 Å². The Hall–Kier alpha value is 0.801. The van der Waals surface area contributed by atoms with E-state index < -0.39 is 36.2 Å². The standard InChI is InChI=1S/C50H95IO8Si3/c1-15-60(16-2,17-3)52-33-25-28-44-49(13,59-62(21-7,22-8)23-9)32-30-41-40(53-44)29-31-48(12)46(54-41)35-42-47(57-48)43(58-61(18-4,19-5)20-6)36-50(14)45(55-42)34-37(10)39(56-50)27-24-26-38(11)51/h26,37,39-47H,15-25,27-36H2,1-14H3/b38-26+/t37-,39-,40-,41+,42+,43-,44+,45-,46-,47+,48+,49-,50+/m0/s1. The fourth-order valence-corrected chi connectivity index (χ4v) is 21.4. The van der Waals surface area contributed by atoms with Gasteiger partial charge < -0.3 is 37.0 Å². The Morgan fingerprint density at radius 3 is 1.84 bits per heavy atom. The van der Waals surface area contributed by atoms with Crippen LogP contribution in [0.2, 0.25) is 54.4 Å². The van der Waals surface area contributed by atoms with Gasteiger partial charge in [0.2, 0.25) is 0 Å². The van der Waals surface area contributed by atoms with Crippen LogP contribution in [0, 0.1) is 5.92 Å². The van der Waals surface area contributed by atoms with Gasteiger partial charge in [0, 0.05) is 19.4 Å². The summed E-state index contributed by atoms with van der Waals surface area (Å²) < 4.78 is 60.5. The van der Waals surface area contributed by atoms with Crippen molar-refractivity contribution in [3.8, 4) is 0 Å². The molecule has 5 heterocycles. The van der Waals surface area contributed by atoms with E-state index in [0.29, 0.717) is 5.92 Å². The molecule has 0 bridgehead atoms. The Morgan fingerprint density at radius 2 is 1.24 bits per heavy atom. The van der Waals surface area contributed by atoms with E-state index in [2.05, 4.69) is 126 Å². The summed E-state index contributed by atoms with van der Waals surface area (Å²) in [6.45, 7) is 33.5. The van der Waals surface area contributed by atoms with Gasteiger partial charge in [-0.05, 0) is 172 Å². The van der Waals surface area contributed by atoms with Gasteiger partial charge >= 0.3 is 0 Å². The molecular weight excluding hydrogens is 940 g/mol. The fourth-order valence-electron chi connectivity index (χ4n) is 12.4. The van der Waals surface area contributed by atoms with Crippen molar-refractivity contribution in [2.24, 2.45) is 5.92 Å². The number of hydrogen-bond acceptors (Lipinski definition) is 8. The second-order valence-corrected chi connectivity index (χ2v) is 37.1. The minimum absolute atomic E-state index is 0.00476. The van der Waals surface area contributed by atoms with E-state index in [1.54, 1.807) is 0 Å². The number of rotatable bonds is 21. The fraction of sp³-hybridized carbons (Fsp3) is 0.960. The summed E-state index contributed by atoms with van der Waals surface area (Å²) in [5.74, 6) is 0.413. The zero-order chi connectivity index (χ0) is 45.6. The van der Waals surface area contributed by atoms with Gasteiger partial charge in [0.15, 0.2) is 25.0 Å². The Balaban J connectivity index is 1.42. The largest absolute Gasteiger partial charge is 0.417 e. The Kier molecular flexibility index (Phi) is 19.9. The molecule has 12 heteroatoms. The first-order valence-electron chi connectivity index (χ1n) is 26.1. The normalized spacial score (nSPS) is 38.5. The van der Waals surface area contributed by atoms with E-state index in [4.69, 9.17) is 37.0 Å². The summed E-state index contributed by atoms with van der Waals surface area (Å²) in [7, 11) is -5.61. The molecule has 0 N–H and O–H groups in total. The van der Waals surface area contributed by atoms with Crippen molar-refractivity contribution in [2.45, 2.75) is 294 Å². The number of halogens is 1. The average molecular weight is 1040 g/mol. The van der Waals surface area contributed by atoms with Crippen LogP contribution >= 0.6 is 22.6 Å². The zero-order valence-corrected chi connectivity index (χ0v) is 47.5. The second-order valence-electron chi connectivity index (χ2n) is 21.2. The molecule has 5 saturated heterocycles. The molecule has 0 unspecified atom stereocenters. The molecule has 0 amide bonds.